The van der Waals surface area contributed by atoms with Crippen molar-refractivity contribution in [1.29, 1.82) is 0 Å². The van der Waals surface area contributed by atoms with Crippen molar-refractivity contribution in [2.45, 2.75) is 6.42 Å². The Morgan fingerprint density at radius 3 is 2.52 bits per heavy atom. The maximum absolute atomic E-state index is 12.2. The Labute approximate surface area is 149 Å². The van der Waals surface area contributed by atoms with Crippen LogP contribution in [0.1, 0.15) is 5.69 Å². The Kier molecular flexibility index (Phi) is 4.27. The van der Waals surface area contributed by atoms with Gasteiger partial charge in [0.2, 0.25) is 0 Å². The minimum Gasteiger partial charge on any atom is -0.426 e. The van der Waals surface area contributed by atoms with Crippen molar-refractivity contribution in [1.82, 2.24) is 4.98 Å². The molecule has 25 heavy (non-hydrogen) atoms. The van der Waals surface area contributed by atoms with Crippen LogP contribution in [-0.4, -0.2) is 11.0 Å². The first-order chi connectivity index (χ1) is 12.3. The summed E-state index contributed by atoms with van der Waals surface area (Å²) in [6.45, 7) is 0. The monoisotopic (exact) mass is 345 g/mol. The molecule has 0 atom stereocenters. The van der Waals surface area contributed by atoms with Crippen LogP contribution in [0, 0.1) is 0 Å². The van der Waals surface area contributed by atoms with Crippen molar-refractivity contribution in [3.05, 3.63) is 83.9 Å². The second-order valence-corrected chi connectivity index (χ2v) is 6.53. The summed E-state index contributed by atoms with van der Waals surface area (Å²) in [6.07, 6.45) is 0.163. The first kappa shape index (κ1) is 15.5. The Morgan fingerprint density at radius 2 is 1.68 bits per heavy atom. The fourth-order valence-electron chi connectivity index (χ4n) is 2.65. The molecule has 1 aromatic heterocycles. The molecule has 0 N–H and O–H groups in total. The minimum atomic E-state index is -0.305. The summed E-state index contributed by atoms with van der Waals surface area (Å²) in [5.74, 6) is 0.252. The van der Waals surface area contributed by atoms with Gasteiger partial charge in [-0.1, -0.05) is 60.7 Å². The van der Waals surface area contributed by atoms with E-state index in [-0.39, 0.29) is 12.4 Å². The average molecular weight is 345 g/mol. The van der Waals surface area contributed by atoms with Gasteiger partial charge in [0.15, 0.2) is 0 Å². The van der Waals surface area contributed by atoms with E-state index in [4.69, 9.17) is 4.74 Å². The van der Waals surface area contributed by atoms with E-state index in [0.717, 1.165) is 27.0 Å². The van der Waals surface area contributed by atoms with Crippen LogP contribution in [0.3, 0.4) is 0 Å². The van der Waals surface area contributed by atoms with Crippen molar-refractivity contribution in [3.8, 4) is 16.3 Å². The molecule has 0 fully saturated rings. The molecule has 4 rings (SSSR count). The molecule has 0 unspecified atom stereocenters. The molecule has 0 aliphatic carbocycles. The molecule has 0 radical (unpaired) electrons. The fraction of sp³-hybridized carbons (Fsp3) is 0.0476. The molecule has 0 aliphatic rings. The summed E-state index contributed by atoms with van der Waals surface area (Å²) in [5.41, 5.74) is 1.79. The summed E-state index contributed by atoms with van der Waals surface area (Å²) >= 11 is 1.53. The SMILES string of the molecule is O=C(Cc1csc(-c2ccccc2)n1)Oc1ccc2ccccc2c1. The summed E-state index contributed by atoms with van der Waals surface area (Å²) in [5, 5.41) is 4.99. The number of nitrogens with zero attached hydrogens (tertiary/aromatic N) is 1. The number of thiazole rings is 1. The molecule has 0 saturated carbocycles. The maximum atomic E-state index is 12.2. The van der Waals surface area contributed by atoms with Gasteiger partial charge in [-0.2, -0.15) is 0 Å². The molecule has 0 aliphatic heterocycles. The van der Waals surface area contributed by atoms with E-state index in [9.17, 15) is 4.79 Å². The molecule has 0 amide bonds. The zero-order valence-corrected chi connectivity index (χ0v) is 14.2. The van der Waals surface area contributed by atoms with E-state index < -0.39 is 0 Å². The number of fused-ring (bicyclic) bond motifs is 1. The predicted molar refractivity (Wildman–Crippen MR) is 101 cm³/mol. The normalized spacial score (nSPS) is 10.7. The lowest BCUT2D eigenvalue weighted by molar-refractivity contribution is -0.133. The average Bonchev–Trinajstić information content (AvgIpc) is 3.10. The van der Waals surface area contributed by atoms with Crippen LogP contribution in [0.5, 0.6) is 5.75 Å². The number of carbonyl (C=O) groups is 1. The fourth-order valence-corrected chi connectivity index (χ4v) is 3.47. The van der Waals surface area contributed by atoms with Gasteiger partial charge in [-0.15, -0.1) is 11.3 Å². The highest BCUT2D eigenvalue weighted by atomic mass is 32.1. The smallest absolute Gasteiger partial charge is 0.317 e. The number of carbonyl (C=O) groups excluding carboxylic acids is 1. The second-order valence-electron chi connectivity index (χ2n) is 5.67. The quantitative estimate of drug-likeness (QED) is 0.381. The first-order valence-electron chi connectivity index (χ1n) is 7.97. The van der Waals surface area contributed by atoms with E-state index in [1.807, 2.05) is 78.2 Å². The van der Waals surface area contributed by atoms with Crippen molar-refractivity contribution in [3.63, 3.8) is 0 Å². The number of aromatic nitrogens is 1. The number of rotatable bonds is 4. The van der Waals surface area contributed by atoms with E-state index >= 15 is 0 Å². The summed E-state index contributed by atoms with van der Waals surface area (Å²) in [6, 6.07) is 23.6. The first-order valence-corrected chi connectivity index (χ1v) is 8.85. The van der Waals surface area contributed by atoms with Gasteiger partial charge in [0.25, 0.3) is 0 Å². The van der Waals surface area contributed by atoms with E-state index in [1.165, 1.54) is 11.3 Å². The number of hydrogen-bond acceptors (Lipinski definition) is 4. The van der Waals surface area contributed by atoms with E-state index in [2.05, 4.69) is 4.98 Å². The zero-order valence-electron chi connectivity index (χ0n) is 13.4. The van der Waals surface area contributed by atoms with Crippen molar-refractivity contribution >= 4 is 28.1 Å². The summed E-state index contributed by atoms with van der Waals surface area (Å²) < 4.78 is 5.47. The highest BCUT2D eigenvalue weighted by Crippen LogP contribution is 2.24. The lowest BCUT2D eigenvalue weighted by Crippen LogP contribution is -2.11. The molecule has 0 saturated heterocycles. The Morgan fingerprint density at radius 1 is 0.920 bits per heavy atom. The minimum absolute atomic E-state index is 0.163. The van der Waals surface area contributed by atoms with Crippen molar-refractivity contribution < 1.29 is 9.53 Å². The van der Waals surface area contributed by atoms with Gasteiger partial charge in [-0.3, -0.25) is 4.79 Å². The van der Waals surface area contributed by atoms with Crippen molar-refractivity contribution in [2.75, 3.05) is 0 Å². The Bertz CT molecular complexity index is 1020. The summed E-state index contributed by atoms with van der Waals surface area (Å²) in [4.78, 5) is 16.7. The maximum Gasteiger partial charge on any atom is 0.317 e. The molecule has 3 aromatic carbocycles. The number of hydrogen-bond donors (Lipinski definition) is 0. The van der Waals surface area contributed by atoms with Gasteiger partial charge in [0, 0.05) is 10.9 Å². The third-order valence-corrected chi connectivity index (χ3v) is 4.79. The van der Waals surface area contributed by atoms with Crippen LogP contribution in [0.25, 0.3) is 21.3 Å². The van der Waals surface area contributed by atoms with Crippen LogP contribution < -0.4 is 4.74 Å². The predicted octanol–water partition coefficient (Wildman–Crippen LogP) is 5.11. The molecule has 0 bridgehead atoms. The van der Waals surface area contributed by atoms with Crippen molar-refractivity contribution in [2.24, 2.45) is 0 Å². The molecule has 0 spiro atoms. The van der Waals surface area contributed by atoms with Crippen LogP contribution in [0.15, 0.2) is 78.2 Å². The van der Waals surface area contributed by atoms with Crippen LogP contribution >= 0.6 is 11.3 Å². The molecular formula is C21H15NO2S. The number of benzene rings is 3. The van der Waals surface area contributed by atoms with Gasteiger partial charge in [-0.05, 0) is 22.9 Å². The highest BCUT2D eigenvalue weighted by Gasteiger charge is 2.11. The standard InChI is InChI=1S/C21H15NO2S/c23-20(24-19-11-10-15-6-4-5-9-17(15)12-19)13-18-14-25-21(22-18)16-7-2-1-3-8-16/h1-12,14H,13H2. The van der Waals surface area contributed by atoms with Gasteiger partial charge >= 0.3 is 5.97 Å². The number of ether oxygens (including phenoxy) is 1. The van der Waals surface area contributed by atoms with Gasteiger partial charge in [0.05, 0.1) is 12.1 Å². The summed E-state index contributed by atoms with van der Waals surface area (Å²) in [7, 11) is 0. The Balaban J connectivity index is 1.46. The molecule has 3 nitrogen and oxygen atoms in total. The van der Waals surface area contributed by atoms with E-state index in [1.54, 1.807) is 0 Å². The largest absolute Gasteiger partial charge is 0.426 e. The van der Waals surface area contributed by atoms with Crippen LogP contribution in [0.4, 0.5) is 0 Å². The zero-order chi connectivity index (χ0) is 17.1. The molecule has 4 aromatic rings. The lowest BCUT2D eigenvalue weighted by Gasteiger charge is -2.05. The topological polar surface area (TPSA) is 39.2 Å². The van der Waals surface area contributed by atoms with Crippen LogP contribution in [-0.2, 0) is 11.2 Å². The Hall–Kier alpha value is -2.98. The third-order valence-electron chi connectivity index (χ3n) is 3.85. The molecule has 1 heterocycles. The van der Waals surface area contributed by atoms with E-state index in [0.29, 0.717) is 5.75 Å². The molecule has 122 valence electrons. The third kappa shape index (κ3) is 3.59. The van der Waals surface area contributed by atoms with Gasteiger partial charge in [0.1, 0.15) is 10.8 Å². The van der Waals surface area contributed by atoms with Gasteiger partial charge in [-0.25, -0.2) is 4.98 Å². The van der Waals surface area contributed by atoms with Gasteiger partial charge < -0.3 is 4.74 Å². The highest BCUT2D eigenvalue weighted by molar-refractivity contribution is 7.13. The number of esters is 1. The van der Waals surface area contributed by atoms with Crippen LogP contribution in [0.2, 0.25) is 0 Å². The molecular weight excluding hydrogens is 330 g/mol. The lowest BCUT2D eigenvalue weighted by atomic mass is 10.1. The molecule has 4 heteroatoms. The second kappa shape index (κ2) is 6.87.